The van der Waals surface area contributed by atoms with Crippen molar-refractivity contribution in [2.75, 3.05) is 20.2 Å². The van der Waals surface area contributed by atoms with Gasteiger partial charge >= 0.3 is 12.1 Å². The summed E-state index contributed by atoms with van der Waals surface area (Å²) in [7, 11) is 1.12. The van der Waals surface area contributed by atoms with Crippen LogP contribution in [0.1, 0.15) is 6.42 Å². The van der Waals surface area contributed by atoms with Gasteiger partial charge in [0.25, 0.3) is 0 Å². The molecule has 6 heteroatoms. The first-order chi connectivity index (χ1) is 8.41. The summed E-state index contributed by atoms with van der Waals surface area (Å²) >= 11 is 0. The Morgan fingerprint density at radius 2 is 1.89 bits per heavy atom. The van der Waals surface area contributed by atoms with E-state index in [1.165, 1.54) is 0 Å². The van der Waals surface area contributed by atoms with Crippen molar-refractivity contribution < 1.29 is 22.7 Å². The lowest BCUT2D eigenvalue weighted by Gasteiger charge is -2.18. The fourth-order valence-electron chi connectivity index (χ4n) is 1.33. The third-order valence-electron chi connectivity index (χ3n) is 2.24. The smallest absolute Gasteiger partial charge is 0.471 e. The molecule has 1 aromatic carbocycles. The molecule has 0 N–H and O–H groups in total. The molecular formula is C12H14F3NO2. The number of nitrogens with zero attached hydrogens (tertiary/aromatic N) is 1. The Morgan fingerprint density at radius 3 is 2.44 bits per heavy atom. The molecule has 1 rings (SSSR count). The molecule has 0 heterocycles. The van der Waals surface area contributed by atoms with Gasteiger partial charge in [-0.15, -0.1) is 0 Å². The zero-order chi connectivity index (χ0) is 13.6. The maximum Gasteiger partial charge on any atom is 0.471 e. The number of hydrogen-bond acceptors (Lipinski definition) is 2. The van der Waals surface area contributed by atoms with Gasteiger partial charge < -0.3 is 9.64 Å². The SMILES string of the molecule is CN(CCCOc1ccccc1)C(=O)C(F)(F)F. The van der Waals surface area contributed by atoms with E-state index in [0.717, 1.165) is 7.05 Å². The van der Waals surface area contributed by atoms with Crippen molar-refractivity contribution in [1.82, 2.24) is 4.90 Å². The third kappa shape index (κ3) is 4.65. The largest absolute Gasteiger partial charge is 0.494 e. The summed E-state index contributed by atoms with van der Waals surface area (Å²) in [5.41, 5.74) is 0. The normalized spacial score (nSPS) is 11.1. The average Bonchev–Trinajstić information content (AvgIpc) is 2.33. The van der Waals surface area contributed by atoms with E-state index in [1.54, 1.807) is 24.3 Å². The van der Waals surface area contributed by atoms with Crippen LogP contribution in [0.2, 0.25) is 0 Å². The molecule has 0 fully saturated rings. The highest BCUT2D eigenvalue weighted by atomic mass is 19.4. The number of para-hydroxylation sites is 1. The van der Waals surface area contributed by atoms with Crippen molar-refractivity contribution in [3.8, 4) is 5.75 Å². The zero-order valence-corrected chi connectivity index (χ0v) is 9.91. The zero-order valence-electron chi connectivity index (χ0n) is 9.91. The minimum absolute atomic E-state index is 0.00514. The minimum Gasteiger partial charge on any atom is -0.494 e. The van der Waals surface area contributed by atoms with Gasteiger partial charge in [-0.1, -0.05) is 18.2 Å². The minimum atomic E-state index is -4.81. The van der Waals surface area contributed by atoms with Gasteiger partial charge in [0.1, 0.15) is 5.75 Å². The van der Waals surface area contributed by atoms with Gasteiger partial charge in [-0.05, 0) is 18.6 Å². The quantitative estimate of drug-likeness (QED) is 0.762. The first-order valence-corrected chi connectivity index (χ1v) is 5.41. The Kier molecular flexibility index (Phi) is 5.00. The van der Waals surface area contributed by atoms with Crippen LogP contribution in [0.3, 0.4) is 0 Å². The standard InChI is InChI=1S/C12H14F3NO2/c1-16(11(17)12(13,14)15)8-5-9-18-10-6-3-2-4-7-10/h2-4,6-7H,5,8-9H2,1H3. The number of hydrogen-bond donors (Lipinski definition) is 0. The molecule has 0 unspecified atom stereocenters. The summed E-state index contributed by atoms with van der Waals surface area (Å²) in [5, 5.41) is 0. The highest BCUT2D eigenvalue weighted by Crippen LogP contribution is 2.17. The van der Waals surface area contributed by atoms with E-state index in [1.807, 2.05) is 6.07 Å². The summed E-state index contributed by atoms with van der Waals surface area (Å²) < 4.78 is 41.5. The monoisotopic (exact) mass is 261 g/mol. The summed E-state index contributed by atoms with van der Waals surface area (Å²) in [4.78, 5) is 11.4. The predicted octanol–water partition coefficient (Wildman–Crippen LogP) is 2.48. The molecule has 100 valence electrons. The highest BCUT2D eigenvalue weighted by Gasteiger charge is 2.40. The maximum absolute atomic E-state index is 12.1. The Morgan fingerprint density at radius 1 is 1.28 bits per heavy atom. The Balaban J connectivity index is 2.24. The van der Waals surface area contributed by atoms with Crippen LogP contribution in [0.15, 0.2) is 30.3 Å². The Hall–Kier alpha value is -1.72. The van der Waals surface area contributed by atoms with Gasteiger partial charge in [0.05, 0.1) is 6.61 Å². The van der Waals surface area contributed by atoms with Gasteiger partial charge in [0.15, 0.2) is 0 Å². The van der Waals surface area contributed by atoms with E-state index in [4.69, 9.17) is 4.74 Å². The molecule has 0 saturated heterocycles. The Bertz CT molecular complexity index is 379. The molecule has 18 heavy (non-hydrogen) atoms. The van der Waals surface area contributed by atoms with Gasteiger partial charge in [0, 0.05) is 13.6 Å². The van der Waals surface area contributed by atoms with Crippen LogP contribution in [0.25, 0.3) is 0 Å². The number of rotatable bonds is 5. The number of carbonyl (C=O) groups excluding carboxylic acids is 1. The van der Waals surface area contributed by atoms with Crippen LogP contribution in [0.4, 0.5) is 13.2 Å². The number of benzene rings is 1. The second-order valence-corrected chi connectivity index (χ2v) is 3.74. The molecule has 0 bridgehead atoms. The topological polar surface area (TPSA) is 29.5 Å². The molecule has 0 saturated carbocycles. The van der Waals surface area contributed by atoms with E-state index < -0.39 is 12.1 Å². The second-order valence-electron chi connectivity index (χ2n) is 3.74. The third-order valence-corrected chi connectivity index (χ3v) is 2.24. The van der Waals surface area contributed by atoms with Crippen molar-refractivity contribution in [3.63, 3.8) is 0 Å². The molecule has 0 spiro atoms. The number of ether oxygens (including phenoxy) is 1. The highest BCUT2D eigenvalue weighted by molar-refractivity contribution is 5.81. The molecule has 0 atom stereocenters. The summed E-state index contributed by atoms with van der Waals surface area (Å²) in [5.74, 6) is -1.18. The molecule has 0 radical (unpaired) electrons. The number of carbonyl (C=O) groups is 1. The van der Waals surface area contributed by atoms with Crippen LogP contribution in [0.5, 0.6) is 5.75 Å². The second kappa shape index (κ2) is 6.28. The van der Waals surface area contributed by atoms with Crippen LogP contribution >= 0.6 is 0 Å². The van der Waals surface area contributed by atoms with Gasteiger partial charge in [-0.25, -0.2) is 0 Å². The number of halogens is 3. The Labute approximate surface area is 103 Å². The molecule has 0 aliphatic rings. The summed E-state index contributed by atoms with van der Waals surface area (Å²) in [6.07, 6.45) is -4.47. The van der Waals surface area contributed by atoms with Crippen LogP contribution in [-0.2, 0) is 4.79 Å². The molecule has 3 nitrogen and oxygen atoms in total. The lowest BCUT2D eigenvalue weighted by molar-refractivity contribution is -0.184. The first-order valence-electron chi connectivity index (χ1n) is 5.41. The molecule has 1 amide bonds. The van der Waals surface area contributed by atoms with E-state index >= 15 is 0 Å². The van der Waals surface area contributed by atoms with Gasteiger partial charge in [-0.3, -0.25) is 4.79 Å². The summed E-state index contributed by atoms with van der Waals surface area (Å²) in [6, 6.07) is 8.95. The number of alkyl halides is 3. The maximum atomic E-state index is 12.1. The van der Waals surface area contributed by atoms with E-state index in [2.05, 4.69) is 0 Å². The predicted molar refractivity (Wildman–Crippen MR) is 60.2 cm³/mol. The molecular weight excluding hydrogens is 247 g/mol. The fourth-order valence-corrected chi connectivity index (χ4v) is 1.33. The van der Waals surface area contributed by atoms with E-state index in [-0.39, 0.29) is 13.2 Å². The van der Waals surface area contributed by atoms with Crippen molar-refractivity contribution in [1.29, 1.82) is 0 Å². The molecule has 0 aliphatic carbocycles. The van der Waals surface area contributed by atoms with Gasteiger partial charge in [0.2, 0.25) is 0 Å². The van der Waals surface area contributed by atoms with Crippen LogP contribution in [0, 0.1) is 0 Å². The lowest BCUT2D eigenvalue weighted by atomic mass is 10.3. The fraction of sp³-hybridized carbons (Fsp3) is 0.417. The first kappa shape index (κ1) is 14.3. The van der Waals surface area contributed by atoms with Crippen LogP contribution < -0.4 is 4.74 Å². The van der Waals surface area contributed by atoms with Crippen molar-refractivity contribution in [2.45, 2.75) is 12.6 Å². The van der Waals surface area contributed by atoms with Crippen molar-refractivity contribution in [2.24, 2.45) is 0 Å². The van der Waals surface area contributed by atoms with Gasteiger partial charge in [-0.2, -0.15) is 13.2 Å². The average molecular weight is 261 g/mol. The van der Waals surface area contributed by atoms with Crippen molar-refractivity contribution in [3.05, 3.63) is 30.3 Å². The van der Waals surface area contributed by atoms with Crippen molar-refractivity contribution >= 4 is 5.91 Å². The van der Waals surface area contributed by atoms with Crippen LogP contribution in [-0.4, -0.2) is 37.2 Å². The molecule has 0 aromatic heterocycles. The molecule has 1 aromatic rings. The van der Waals surface area contributed by atoms with E-state index in [0.29, 0.717) is 17.1 Å². The van der Waals surface area contributed by atoms with E-state index in [9.17, 15) is 18.0 Å². The number of amides is 1. The lowest BCUT2D eigenvalue weighted by Crippen LogP contribution is -2.39. The summed E-state index contributed by atoms with van der Waals surface area (Å²) in [6.45, 7) is 0.269. The molecule has 0 aliphatic heterocycles.